The topological polar surface area (TPSA) is 69.5 Å². The van der Waals surface area contributed by atoms with E-state index in [0.717, 1.165) is 61.8 Å². The number of hydrogen-bond acceptors (Lipinski definition) is 7. The maximum Gasteiger partial charge on any atom is 0.229 e. The summed E-state index contributed by atoms with van der Waals surface area (Å²) in [5.41, 5.74) is 5.07. The van der Waals surface area contributed by atoms with Crippen LogP contribution in [0.5, 0.6) is 0 Å². The minimum atomic E-state index is -0.459. The fraction of sp³-hybridized carbons (Fsp3) is 0.407. The zero-order chi connectivity index (χ0) is 24.6. The van der Waals surface area contributed by atoms with Gasteiger partial charge in [0.05, 0.1) is 23.8 Å². The molecule has 0 amide bonds. The molecule has 0 aliphatic carbocycles. The van der Waals surface area contributed by atoms with E-state index in [2.05, 4.69) is 63.8 Å². The van der Waals surface area contributed by atoms with Crippen LogP contribution in [0.3, 0.4) is 0 Å². The lowest BCUT2D eigenvalue weighted by Crippen LogP contribution is -2.46. The molecule has 3 aromatic rings. The highest BCUT2D eigenvalue weighted by Gasteiger charge is 2.35. The van der Waals surface area contributed by atoms with Crippen molar-refractivity contribution >= 4 is 28.9 Å². The summed E-state index contributed by atoms with van der Waals surface area (Å²) in [5.74, 6) is 0.471. The van der Waals surface area contributed by atoms with Crippen LogP contribution in [0.1, 0.15) is 39.7 Å². The maximum atomic E-state index is 14.8. The Balaban J connectivity index is 1.35. The van der Waals surface area contributed by atoms with Gasteiger partial charge in [0.2, 0.25) is 5.95 Å². The molecule has 4 heterocycles. The summed E-state index contributed by atoms with van der Waals surface area (Å²) < 4.78 is 14.8. The van der Waals surface area contributed by atoms with Crippen molar-refractivity contribution < 1.29 is 4.39 Å². The summed E-state index contributed by atoms with van der Waals surface area (Å²) in [4.78, 5) is 22.7. The smallest absolute Gasteiger partial charge is 0.229 e. The Morgan fingerprint density at radius 3 is 2.51 bits per heavy atom. The first-order valence-electron chi connectivity index (χ1n) is 12.3. The number of halogens is 1. The summed E-state index contributed by atoms with van der Waals surface area (Å²) in [5, 5.41) is 3.13. The van der Waals surface area contributed by atoms with Crippen molar-refractivity contribution in [1.29, 1.82) is 0 Å². The van der Waals surface area contributed by atoms with Gasteiger partial charge < -0.3 is 15.1 Å². The Bertz CT molecular complexity index is 1250. The number of aliphatic imine (C=N–C) groups is 1. The van der Waals surface area contributed by atoms with Crippen molar-refractivity contribution in [3.05, 3.63) is 54.1 Å². The molecule has 2 aliphatic heterocycles. The molecule has 1 saturated heterocycles. The summed E-state index contributed by atoms with van der Waals surface area (Å²) in [6, 6.07) is 9.80. The fourth-order valence-corrected chi connectivity index (χ4v) is 4.88. The molecule has 1 N–H and O–H groups in total. The van der Waals surface area contributed by atoms with Gasteiger partial charge in [-0.15, -0.1) is 0 Å². The van der Waals surface area contributed by atoms with Gasteiger partial charge in [-0.3, -0.25) is 4.99 Å². The van der Waals surface area contributed by atoms with Crippen molar-refractivity contribution in [3.63, 3.8) is 0 Å². The molecule has 0 spiro atoms. The third-order valence-electron chi connectivity index (χ3n) is 7.57. The average molecular weight is 474 g/mol. The molecule has 7 nitrogen and oxygen atoms in total. The lowest BCUT2D eigenvalue weighted by Gasteiger charge is -2.35. The first kappa shape index (κ1) is 23.4. The van der Waals surface area contributed by atoms with Gasteiger partial charge >= 0.3 is 0 Å². The second-order valence-electron chi connectivity index (χ2n) is 9.45. The molecule has 0 bridgehead atoms. The van der Waals surface area contributed by atoms with E-state index in [1.165, 1.54) is 6.20 Å². The summed E-state index contributed by atoms with van der Waals surface area (Å²) in [6.07, 6.45) is 4.00. The van der Waals surface area contributed by atoms with Crippen molar-refractivity contribution in [2.75, 3.05) is 42.9 Å². The molecule has 2 aliphatic rings. The SMILES string of the molecule is CCN1CCN(c2ccc(Nc3ncc(F)c(-c4ccc5c(c4)C(C)(CC)C(C)=N5)n3)nc2)CC1. The Morgan fingerprint density at radius 1 is 1.03 bits per heavy atom. The van der Waals surface area contributed by atoms with Gasteiger partial charge in [0.25, 0.3) is 0 Å². The van der Waals surface area contributed by atoms with Gasteiger partial charge in [0.15, 0.2) is 5.82 Å². The van der Waals surface area contributed by atoms with E-state index in [9.17, 15) is 4.39 Å². The van der Waals surface area contributed by atoms with Crippen LogP contribution in [0, 0.1) is 5.82 Å². The van der Waals surface area contributed by atoms with Crippen molar-refractivity contribution in [1.82, 2.24) is 19.9 Å². The number of aromatic nitrogens is 3. The zero-order valence-electron chi connectivity index (χ0n) is 20.8. The molecule has 1 aromatic carbocycles. The zero-order valence-corrected chi connectivity index (χ0v) is 20.8. The van der Waals surface area contributed by atoms with Gasteiger partial charge in [-0.05, 0) is 49.7 Å². The maximum absolute atomic E-state index is 14.8. The first-order chi connectivity index (χ1) is 16.9. The van der Waals surface area contributed by atoms with Crippen LogP contribution in [0.25, 0.3) is 11.3 Å². The van der Waals surface area contributed by atoms with E-state index in [1.54, 1.807) is 0 Å². The highest BCUT2D eigenvalue weighted by molar-refractivity contribution is 6.00. The van der Waals surface area contributed by atoms with Gasteiger partial charge in [-0.2, -0.15) is 0 Å². The normalized spacial score (nSPS) is 20.0. The monoisotopic (exact) mass is 473 g/mol. The number of hydrogen-bond donors (Lipinski definition) is 1. The number of anilines is 3. The van der Waals surface area contributed by atoms with Crippen LogP contribution >= 0.6 is 0 Å². The molecular weight excluding hydrogens is 441 g/mol. The minimum Gasteiger partial charge on any atom is -0.368 e. The predicted molar refractivity (Wildman–Crippen MR) is 140 cm³/mol. The van der Waals surface area contributed by atoms with Crippen LogP contribution < -0.4 is 10.2 Å². The first-order valence-corrected chi connectivity index (χ1v) is 12.3. The number of rotatable bonds is 6. The number of fused-ring (bicyclic) bond motifs is 1. The van der Waals surface area contributed by atoms with Crippen molar-refractivity contribution in [3.8, 4) is 11.3 Å². The second-order valence-corrected chi connectivity index (χ2v) is 9.45. The van der Waals surface area contributed by atoms with E-state index >= 15 is 0 Å². The summed E-state index contributed by atoms with van der Waals surface area (Å²) in [7, 11) is 0. The molecule has 0 saturated carbocycles. The van der Waals surface area contributed by atoms with Gasteiger partial charge in [-0.1, -0.05) is 26.8 Å². The predicted octanol–water partition coefficient (Wildman–Crippen LogP) is 5.34. The summed E-state index contributed by atoms with van der Waals surface area (Å²) in [6.45, 7) is 13.8. The number of piperazine rings is 1. The molecule has 2 aromatic heterocycles. The van der Waals surface area contributed by atoms with Gasteiger partial charge in [0, 0.05) is 42.9 Å². The Hall–Kier alpha value is -3.39. The van der Waals surface area contributed by atoms with E-state index in [4.69, 9.17) is 4.99 Å². The highest BCUT2D eigenvalue weighted by Crippen LogP contribution is 2.44. The largest absolute Gasteiger partial charge is 0.368 e. The van der Waals surface area contributed by atoms with Crippen LogP contribution in [-0.2, 0) is 5.41 Å². The fourth-order valence-electron chi connectivity index (χ4n) is 4.88. The summed E-state index contributed by atoms with van der Waals surface area (Å²) >= 11 is 0. The average Bonchev–Trinajstić information content (AvgIpc) is 3.15. The third kappa shape index (κ3) is 4.38. The lowest BCUT2D eigenvalue weighted by molar-refractivity contribution is 0.271. The molecule has 182 valence electrons. The standard InChI is InChI=1S/C27H32FN7/c1-5-27(4)18(3)31-23-9-7-19(15-21(23)27)25-22(28)17-30-26(33-25)32-24-10-8-20(16-29-24)35-13-11-34(6-2)12-14-35/h7-10,15-17H,5-6,11-14H2,1-4H3,(H,29,30,32,33). The number of nitrogens with zero attached hydrogens (tertiary/aromatic N) is 6. The molecule has 1 atom stereocenters. The molecule has 5 rings (SSSR count). The Labute approximate surface area is 206 Å². The quantitative estimate of drug-likeness (QED) is 0.521. The van der Waals surface area contributed by atoms with Crippen LogP contribution in [-0.4, -0.2) is 58.3 Å². The second kappa shape index (κ2) is 9.34. The van der Waals surface area contributed by atoms with E-state index in [-0.39, 0.29) is 11.1 Å². The Kier molecular flexibility index (Phi) is 6.23. The van der Waals surface area contributed by atoms with Gasteiger partial charge in [0.1, 0.15) is 11.5 Å². The number of nitrogens with one attached hydrogen (secondary N) is 1. The Morgan fingerprint density at radius 2 is 1.83 bits per heavy atom. The number of likely N-dealkylation sites (N-methyl/N-ethyl adjacent to an activating group) is 1. The van der Waals surface area contributed by atoms with Crippen LogP contribution in [0.15, 0.2) is 47.7 Å². The van der Waals surface area contributed by atoms with Crippen molar-refractivity contribution in [2.24, 2.45) is 4.99 Å². The molecule has 1 unspecified atom stereocenters. The molecule has 1 fully saturated rings. The van der Waals surface area contributed by atoms with E-state index in [0.29, 0.717) is 17.3 Å². The van der Waals surface area contributed by atoms with Crippen LogP contribution in [0.2, 0.25) is 0 Å². The van der Waals surface area contributed by atoms with E-state index in [1.807, 2.05) is 30.5 Å². The lowest BCUT2D eigenvalue weighted by atomic mass is 9.77. The minimum absolute atomic E-state index is 0.148. The molecule has 35 heavy (non-hydrogen) atoms. The van der Waals surface area contributed by atoms with Gasteiger partial charge in [-0.25, -0.2) is 19.3 Å². The molecule has 0 radical (unpaired) electrons. The number of benzene rings is 1. The van der Waals surface area contributed by atoms with Crippen molar-refractivity contribution in [2.45, 2.75) is 39.5 Å². The number of pyridine rings is 1. The van der Waals surface area contributed by atoms with E-state index < -0.39 is 5.82 Å². The third-order valence-corrected chi connectivity index (χ3v) is 7.57. The highest BCUT2D eigenvalue weighted by atomic mass is 19.1. The molecular formula is C27H32FN7. The molecule has 8 heteroatoms. The van der Waals surface area contributed by atoms with Crippen LogP contribution in [0.4, 0.5) is 27.5 Å².